The Bertz CT molecular complexity index is 691. The molecule has 1 aromatic rings. The molecule has 1 saturated heterocycles. The van der Waals surface area contributed by atoms with E-state index in [1.807, 2.05) is 0 Å². The van der Waals surface area contributed by atoms with Gasteiger partial charge >= 0.3 is 5.97 Å². The molecule has 1 fully saturated rings. The van der Waals surface area contributed by atoms with E-state index in [1.54, 1.807) is 24.3 Å². The largest absolute Gasteiger partial charge is 0.494 e. The molecule has 9 heteroatoms. The van der Waals surface area contributed by atoms with Crippen molar-refractivity contribution in [3.05, 3.63) is 29.8 Å². The third kappa shape index (κ3) is 7.86. The molecule has 9 nitrogen and oxygen atoms in total. The number of benzene rings is 1. The monoisotopic (exact) mass is 440 g/mol. The Balaban J connectivity index is 1.48. The molecule has 5 atom stereocenters. The molecule has 1 aromatic carbocycles. The summed E-state index contributed by atoms with van der Waals surface area (Å²) in [5.41, 5.74) is 0.666. The highest BCUT2D eigenvalue weighted by Gasteiger charge is 2.48. The van der Waals surface area contributed by atoms with E-state index in [4.69, 9.17) is 19.3 Å². The van der Waals surface area contributed by atoms with Crippen molar-refractivity contribution in [2.75, 3.05) is 13.2 Å². The summed E-state index contributed by atoms with van der Waals surface area (Å²) in [6.07, 6.45) is -1.79. The molecule has 0 bridgehead atoms. The lowest BCUT2D eigenvalue weighted by Crippen LogP contribution is -2.42. The highest BCUT2D eigenvalue weighted by Crippen LogP contribution is 2.25. The fourth-order valence-corrected chi connectivity index (χ4v) is 3.30. The maximum absolute atomic E-state index is 11.2. The maximum atomic E-state index is 11.2. The van der Waals surface area contributed by atoms with Crippen molar-refractivity contribution in [1.82, 2.24) is 0 Å². The van der Waals surface area contributed by atoms with Crippen LogP contribution >= 0.6 is 0 Å². The quantitative estimate of drug-likeness (QED) is 0.250. The molecule has 0 aliphatic carbocycles. The second kappa shape index (κ2) is 12.7. The summed E-state index contributed by atoms with van der Waals surface area (Å²) in [6, 6.07) is 7.10. The van der Waals surface area contributed by atoms with E-state index in [2.05, 4.69) is 0 Å². The number of ether oxygens (including phenoxy) is 3. The summed E-state index contributed by atoms with van der Waals surface area (Å²) in [5, 5.41) is 37.9. The van der Waals surface area contributed by atoms with Crippen LogP contribution in [0.3, 0.4) is 0 Å². The van der Waals surface area contributed by atoms with Crippen LogP contribution in [0.1, 0.15) is 55.8 Å². The molecule has 0 amide bonds. The van der Waals surface area contributed by atoms with E-state index in [9.17, 15) is 24.9 Å². The van der Waals surface area contributed by atoms with Crippen molar-refractivity contribution < 1.29 is 44.2 Å². The fraction of sp³-hybridized carbons (Fsp3) is 0.636. The van der Waals surface area contributed by atoms with Crippen molar-refractivity contribution in [2.24, 2.45) is 0 Å². The van der Waals surface area contributed by atoms with Gasteiger partial charge in [-0.2, -0.15) is 0 Å². The van der Waals surface area contributed by atoms with Gasteiger partial charge in [-0.05, 0) is 44.0 Å². The number of rotatable bonds is 14. The Morgan fingerprint density at radius 3 is 2.13 bits per heavy atom. The highest BCUT2D eigenvalue weighted by molar-refractivity contribution is 5.94. The van der Waals surface area contributed by atoms with E-state index in [0.717, 1.165) is 44.3 Å². The maximum Gasteiger partial charge on any atom is 0.335 e. The molecule has 0 unspecified atom stereocenters. The van der Waals surface area contributed by atoms with Crippen LogP contribution in [0.5, 0.6) is 5.75 Å². The number of aliphatic hydroxyl groups is 3. The first kappa shape index (κ1) is 25.2. The van der Waals surface area contributed by atoms with Gasteiger partial charge in [-0.3, -0.25) is 4.79 Å². The van der Waals surface area contributed by atoms with Crippen molar-refractivity contribution in [1.29, 1.82) is 0 Å². The lowest BCUT2D eigenvalue weighted by molar-refractivity contribution is -0.186. The lowest BCUT2D eigenvalue weighted by Gasteiger charge is -2.17. The van der Waals surface area contributed by atoms with Gasteiger partial charge in [0.2, 0.25) is 0 Å². The van der Waals surface area contributed by atoms with Gasteiger partial charge < -0.3 is 34.6 Å². The number of ketones is 1. The van der Waals surface area contributed by atoms with E-state index >= 15 is 0 Å². The van der Waals surface area contributed by atoms with E-state index in [1.165, 1.54) is 6.92 Å². The SMILES string of the molecule is CC(=O)c1ccc(OCCCCCCCCO[C@@H]2O[C@H]([C@H](O)C(=O)O)[C@H](O)[C@H]2O)cc1. The normalized spacial score (nSPS) is 24.1. The van der Waals surface area contributed by atoms with Crippen molar-refractivity contribution in [3.63, 3.8) is 0 Å². The molecule has 0 aromatic heterocycles. The topological polar surface area (TPSA) is 143 Å². The van der Waals surface area contributed by atoms with Crippen LogP contribution < -0.4 is 4.74 Å². The minimum atomic E-state index is -1.93. The Hall–Kier alpha value is -2.04. The molecule has 2 rings (SSSR count). The number of aliphatic hydroxyl groups excluding tert-OH is 3. The predicted octanol–water partition coefficient (Wildman–Crippen LogP) is 1.52. The second-order valence-corrected chi connectivity index (χ2v) is 7.65. The molecule has 0 saturated carbocycles. The highest BCUT2D eigenvalue weighted by atomic mass is 16.7. The van der Waals surface area contributed by atoms with Crippen LogP contribution in [0, 0.1) is 0 Å². The third-order valence-corrected chi connectivity index (χ3v) is 5.17. The molecule has 31 heavy (non-hydrogen) atoms. The van der Waals surface area contributed by atoms with E-state index < -0.39 is 36.7 Å². The smallest absolute Gasteiger partial charge is 0.335 e. The number of Topliss-reactive ketones (excluding diaryl/α,β-unsaturated/α-hetero) is 1. The number of hydrogen-bond donors (Lipinski definition) is 4. The van der Waals surface area contributed by atoms with Crippen LogP contribution in [0.25, 0.3) is 0 Å². The Morgan fingerprint density at radius 2 is 1.55 bits per heavy atom. The number of unbranched alkanes of at least 4 members (excludes halogenated alkanes) is 5. The van der Waals surface area contributed by atoms with Gasteiger partial charge in [0.25, 0.3) is 0 Å². The molecular formula is C22H32O9. The first-order valence-electron chi connectivity index (χ1n) is 10.6. The van der Waals surface area contributed by atoms with Crippen molar-refractivity contribution in [3.8, 4) is 5.75 Å². The molecule has 1 heterocycles. The average Bonchev–Trinajstić information content (AvgIpc) is 3.03. The Morgan fingerprint density at radius 1 is 0.968 bits per heavy atom. The van der Waals surface area contributed by atoms with Crippen LogP contribution in [-0.4, -0.2) is 76.1 Å². The summed E-state index contributed by atoms with van der Waals surface area (Å²) >= 11 is 0. The van der Waals surface area contributed by atoms with Gasteiger partial charge in [-0.15, -0.1) is 0 Å². The molecular weight excluding hydrogens is 408 g/mol. The zero-order valence-electron chi connectivity index (χ0n) is 17.7. The minimum Gasteiger partial charge on any atom is -0.494 e. The van der Waals surface area contributed by atoms with Crippen LogP contribution in [-0.2, 0) is 14.3 Å². The van der Waals surface area contributed by atoms with Crippen LogP contribution in [0.2, 0.25) is 0 Å². The van der Waals surface area contributed by atoms with Gasteiger partial charge in [0.1, 0.15) is 24.1 Å². The Kier molecular flexibility index (Phi) is 10.4. The van der Waals surface area contributed by atoms with Gasteiger partial charge in [0.15, 0.2) is 18.2 Å². The van der Waals surface area contributed by atoms with Crippen LogP contribution in [0.15, 0.2) is 24.3 Å². The standard InChI is InChI=1S/C22H32O9/c1-14(23)15-8-10-16(11-9-15)29-12-6-4-2-3-5-7-13-30-22-18(25)17(24)20(31-22)19(26)21(27)28/h8-11,17-20,22,24-26H,2-7,12-13H2,1H3,(H,27,28)/t17-,18-,19+,20+,22-/m1/s1. The van der Waals surface area contributed by atoms with Gasteiger partial charge in [-0.25, -0.2) is 4.79 Å². The molecule has 0 spiro atoms. The summed E-state index contributed by atoms with van der Waals surface area (Å²) < 4.78 is 16.2. The van der Waals surface area contributed by atoms with E-state index in [0.29, 0.717) is 18.8 Å². The molecule has 1 aliphatic heterocycles. The number of hydrogen-bond acceptors (Lipinski definition) is 8. The molecule has 0 radical (unpaired) electrons. The lowest BCUT2D eigenvalue weighted by atomic mass is 10.1. The van der Waals surface area contributed by atoms with Crippen molar-refractivity contribution in [2.45, 2.75) is 76.2 Å². The zero-order valence-corrected chi connectivity index (χ0v) is 17.7. The number of carboxylic acids is 1. The summed E-state index contributed by atoms with van der Waals surface area (Å²) in [5.74, 6) is -0.752. The number of carboxylic acid groups (broad SMARTS) is 1. The van der Waals surface area contributed by atoms with Gasteiger partial charge in [-0.1, -0.05) is 25.7 Å². The van der Waals surface area contributed by atoms with Gasteiger partial charge in [0, 0.05) is 12.2 Å². The number of carbonyl (C=O) groups excluding carboxylic acids is 1. The zero-order chi connectivity index (χ0) is 22.8. The fourth-order valence-electron chi connectivity index (χ4n) is 3.30. The molecule has 1 aliphatic rings. The first-order chi connectivity index (χ1) is 14.8. The van der Waals surface area contributed by atoms with E-state index in [-0.39, 0.29) is 5.78 Å². The van der Waals surface area contributed by atoms with Crippen LogP contribution in [0.4, 0.5) is 0 Å². The predicted molar refractivity (Wildman–Crippen MR) is 110 cm³/mol. The average molecular weight is 440 g/mol. The number of carbonyl (C=O) groups is 2. The summed E-state index contributed by atoms with van der Waals surface area (Å²) in [4.78, 5) is 22.0. The Labute approximate surface area is 181 Å². The third-order valence-electron chi connectivity index (χ3n) is 5.17. The second-order valence-electron chi connectivity index (χ2n) is 7.65. The number of aliphatic carboxylic acids is 1. The minimum absolute atomic E-state index is 0.0302. The summed E-state index contributed by atoms with van der Waals surface area (Å²) in [6.45, 7) is 2.44. The molecule has 174 valence electrons. The summed E-state index contributed by atoms with van der Waals surface area (Å²) in [7, 11) is 0. The van der Waals surface area contributed by atoms with Gasteiger partial charge in [0.05, 0.1) is 6.61 Å². The van der Waals surface area contributed by atoms with Crippen molar-refractivity contribution >= 4 is 11.8 Å². The molecule has 4 N–H and O–H groups in total. The first-order valence-corrected chi connectivity index (χ1v) is 10.6.